The Morgan fingerprint density at radius 3 is 2.53 bits per heavy atom. The van der Waals surface area contributed by atoms with E-state index in [1.165, 1.54) is 12.1 Å². The first-order valence-electron chi connectivity index (χ1n) is 11.3. The first kappa shape index (κ1) is 23.6. The Bertz CT molecular complexity index is 1060. The minimum atomic E-state index is -0.654. The van der Waals surface area contributed by atoms with Crippen LogP contribution in [0, 0.1) is 5.82 Å². The van der Waals surface area contributed by atoms with E-state index in [-0.39, 0.29) is 18.5 Å². The third kappa shape index (κ3) is 5.31. The Balaban J connectivity index is 1.56. The molecule has 2 amide bonds. The number of halogens is 1. The number of amides is 2. The van der Waals surface area contributed by atoms with Crippen LogP contribution in [0.15, 0.2) is 59.8 Å². The van der Waals surface area contributed by atoms with E-state index in [0.29, 0.717) is 23.6 Å². The topological polar surface area (TPSA) is 83.1 Å². The number of nitrogens with one attached hydrogen (secondary N) is 2. The maximum absolute atomic E-state index is 13.2. The average molecular weight is 469 g/mol. The summed E-state index contributed by atoms with van der Waals surface area (Å²) in [5.41, 5.74) is 2.62. The Morgan fingerprint density at radius 1 is 1.12 bits per heavy atom. The average Bonchev–Trinajstić information content (AvgIpc) is 2.85. The summed E-state index contributed by atoms with van der Waals surface area (Å²) >= 11 is 0. The summed E-state index contributed by atoms with van der Waals surface area (Å²) in [5.74, 6) is -0.0946. The molecule has 0 radical (unpaired) electrons. The van der Waals surface area contributed by atoms with E-state index in [1.54, 1.807) is 32.2 Å². The van der Waals surface area contributed by atoms with Gasteiger partial charge in [0.05, 0.1) is 25.3 Å². The van der Waals surface area contributed by atoms with Gasteiger partial charge in [0.1, 0.15) is 11.6 Å². The van der Waals surface area contributed by atoms with Crippen LogP contribution in [0.5, 0.6) is 5.75 Å². The molecule has 0 spiro atoms. The molecule has 9 heteroatoms. The lowest BCUT2D eigenvalue weighted by Crippen LogP contribution is -2.51. The number of benzene rings is 2. The zero-order valence-electron chi connectivity index (χ0n) is 19.3. The Labute approximate surface area is 198 Å². The number of rotatable bonds is 7. The van der Waals surface area contributed by atoms with Crippen LogP contribution < -0.4 is 20.3 Å². The fourth-order valence-corrected chi connectivity index (χ4v) is 4.30. The minimum absolute atomic E-state index is 0.227. The molecular formula is C25H29FN4O4. The summed E-state index contributed by atoms with van der Waals surface area (Å²) in [6.07, 6.45) is 0. The fourth-order valence-electron chi connectivity index (χ4n) is 4.30. The first-order valence-corrected chi connectivity index (χ1v) is 11.3. The van der Waals surface area contributed by atoms with Crippen LogP contribution in [-0.2, 0) is 9.53 Å². The molecule has 2 N–H and O–H groups in total. The number of esters is 1. The third-order valence-electron chi connectivity index (χ3n) is 6.02. The van der Waals surface area contributed by atoms with Gasteiger partial charge in [0, 0.05) is 44.1 Å². The van der Waals surface area contributed by atoms with Gasteiger partial charge in [-0.25, -0.2) is 14.0 Å². The first-order chi connectivity index (χ1) is 16.5. The molecule has 2 aliphatic heterocycles. The quantitative estimate of drug-likeness (QED) is 0.608. The SMILES string of the molecule is CCOC(=O)C1=C(CN2CCN(c3ccc(F)cc3)CC2)NC(=O)NC1c1cccc(OC)c1. The highest BCUT2D eigenvalue weighted by Crippen LogP contribution is 2.30. The highest BCUT2D eigenvalue weighted by molar-refractivity contribution is 5.95. The molecule has 180 valence electrons. The van der Waals surface area contributed by atoms with Crippen molar-refractivity contribution in [3.8, 4) is 5.75 Å². The number of anilines is 1. The molecule has 0 aliphatic carbocycles. The van der Waals surface area contributed by atoms with Gasteiger partial charge in [0.2, 0.25) is 0 Å². The molecule has 4 rings (SSSR count). The smallest absolute Gasteiger partial charge is 0.338 e. The number of hydrogen-bond donors (Lipinski definition) is 2. The van der Waals surface area contributed by atoms with Crippen molar-refractivity contribution in [2.75, 3.05) is 51.3 Å². The number of nitrogens with zero attached hydrogens (tertiary/aromatic N) is 2. The Hall–Kier alpha value is -3.59. The maximum Gasteiger partial charge on any atom is 0.338 e. The van der Waals surface area contributed by atoms with Gasteiger partial charge in [-0.15, -0.1) is 0 Å². The van der Waals surface area contributed by atoms with Gasteiger partial charge in [0.15, 0.2) is 0 Å². The zero-order valence-corrected chi connectivity index (χ0v) is 19.3. The van der Waals surface area contributed by atoms with Gasteiger partial charge in [0.25, 0.3) is 0 Å². The monoisotopic (exact) mass is 468 g/mol. The number of carbonyl (C=O) groups excluding carboxylic acids is 2. The molecule has 2 aromatic carbocycles. The van der Waals surface area contributed by atoms with Gasteiger partial charge in [-0.1, -0.05) is 12.1 Å². The van der Waals surface area contributed by atoms with Crippen molar-refractivity contribution in [1.82, 2.24) is 15.5 Å². The van der Waals surface area contributed by atoms with Crippen LogP contribution in [0.4, 0.5) is 14.9 Å². The van der Waals surface area contributed by atoms with Gasteiger partial charge in [-0.2, -0.15) is 0 Å². The second-order valence-electron chi connectivity index (χ2n) is 8.16. The van der Waals surface area contributed by atoms with E-state index in [9.17, 15) is 14.0 Å². The molecule has 0 bridgehead atoms. The highest BCUT2D eigenvalue weighted by atomic mass is 19.1. The van der Waals surface area contributed by atoms with Crippen molar-refractivity contribution in [3.63, 3.8) is 0 Å². The second-order valence-corrected chi connectivity index (χ2v) is 8.16. The molecule has 0 saturated carbocycles. The summed E-state index contributed by atoms with van der Waals surface area (Å²) < 4.78 is 23.9. The minimum Gasteiger partial charge on any atom is -0.497 e. The van der Waals surface area contributed by atoms with E-state index in [4.69, 9.17) is 9.47 Å². The van der Waals surface area contributed by atoms with Gasteiger partial charge < -0.3 is 25.0 Å². The van der Waals surface area contributed by atoms with Crippen LogP contribution in [0.1, 0.15) is 18.5 Å². The van der Waals surface area contributed by atoms with Gasteiger partial charge in [-0.05, 0) is 48.9 Å². The van der Waals surface area contributed by atoms with Gasteiger partial charge in [-0.3, -0.25) is 4.90 Å². The lowest BCUT2D eigenvalue weighted by Gasteiger charge is -2.38. The maximum atomic E-state index is 13.2. The van der Waals surface area contributed by atoms with Crippen LogP contribution in [0.2, 0.25) is 0 Å². The van der Waals surface area contributed by atoms with E-state index in [2.05, 4.69) is 20.4 Å². The van der Waals surface area contributed by atoms with Crippen molar-refractivity contribution >= 4 is 17.7 Å². The van der Waals surface area contributed by atoms with Gasteiger partial charge >= 0.3 is 12.0 Å². The van der Waals surface area contributed by atoms with Crippen molar-refractivity contribution < 1.29 is 23.5 Å². The molecule has 2 heterocycles. The molecule has 0 aromatic heterocycles. The molecule has 1 fully saturated rings. The van der Waals surface area contributed by atoms with Crippen LogP contribution in [0.3, 0.4) is 0 Å². The molecular weight excluding hydrogens is 439 g/mol. The number of piperazine rings is 1. The highest BCUT2D eigenvalue weighted by Gasteiger charge is 2.35. The molecule has 34 heavy (non-hydrogen) atoms. The molecule has 2 aromatic rings. The zero-order chi connectivity index (χ0) is 24.1. The third-order valence-corrected chi connectivity index (χ3v) is 6.02. The number of methoxy groups -OCH3 is 1. The molecule has 8 nitrogen and oxygen atoms in total. The predicted molar refractivity (Wildman–Crippen MR) is 126 cm³/mol. The number of hydrogen-bond acceptors (Lipinski definition) is 6. The van der Waals surface area contributed by atoms with Crippen molar-refractivity contribution in [1.29, 1.82) is 0 Å². The van der Waals surface area contributed by atoms with Crippen molar-refractivity contribution in [2.45, 2.75) is 13.0 Å². The predicted octanol–water partition coefficient (Wildman–Crippen LogP) is 2.83. The summed E-state index contributed by atoms with van der Waals surface area (Å²) in [6, 6.07) is 12.7. The van der Waals surface area contributed by atoms with Crippen LogP contribution in [0.25, 0.3) is 0 Å². The lowest BCUT2D eigenvalue weighted by molar-refractivity contribution is -0.139. The summed E-state index contributed by atoms with van der Waals surface area (Å²) in [4.78, 5) is 29.9. The fraction of sp³-hybridized carbons (Fsp3) is 0.360. The summed E-state index contributed by atoms with van der Waals surface area (Å²) in [6.45, 7) is 5.33. The largest absolute Gasteiger partial charge is 0.497 e. The number of carbonyl (C=O) groups is 2. The van der Waals surface area contributed by atoms with Crippen LogP contribution >= 0.6 is 0 Å². The van der Waals surface area contributed by atoms with E-state index in [0.717, 1.165) is 37.4 Å². The number of urea groups is 1. The normalized spacial score (nSPS) is 18.9. The lowest BCUT2D eigenvalue weighted by atomic mass is 9.94. The van der Waals surface area contributed by atoms with Crippen molar-refractivity contribution in [3.05, 3.63) is 71.2 Å². The molecule has 2 aliphatic rings. The molecule has 1 atom stereocenters. The molecule has 1 unspecified atom stereocenters. The Morgan fingerprint density at radius 2 is 1.85 bits per heavy atom. The summed E-state index contributed by atoms with van der Waals surface area (Å²) in [7, 11) is 1.57. The molecule has 1 saturated heterocycles. The van der Waals surface area contributed by atoms with E-state index < -0.39 is 12.0 Å². The van der Waals surface area contributed by atoms with Crippen LogP contribution in [-0.4, -0.2) is 63.3 Å². The second kappa shape index (κ2) is 10.6. The standard InChI is InChI=1S/C25H29FN4O4/c1-3-34-24(31)22-21(27-25(32)28-23(22)17-5-4-6-20(15-17)33-2)16-29-11-13-30(14-12-29)19-9-7-18(26)8-10-19/h4-10,15,23H,3,11-14,16H2,1-2H3,(H2,27,28,32). The Kier molecular flexibility index (Phi) is 7.32. The summed E-state index contributed by atoms with van der Waals surface area (Å²) in [5, 5.41) is 5.68. The van der Waals surface area contributed by atoms with E-state index >= 15 is 0 Å². The van der Waals surface area contributed by atoms with E-state index in [1.807, 2.05) is 18.2 Å². The number of ether oxygens (including phenoxy) is 2. The van der Waals surface area contributed by atoms with Crippen molar-refractivity contribution in [2.24, 2.45) is 0 Å².